The zero-order valence-electron chi connectivity index (χ0n) is 9.57. The van der Waals surface area contributed by atoms with Crippen molar-refractivity contribution in [2.75, 3.05) is 0 Å². The highest BCUT2D eigenvalue weighted by atomic mass is 79.9. The van der Waals surface area contributed by atoms with Gasteiger partial charge in [-0.05, 0) is 31.0 Å². The molecule has 84 valence electrons. The van der Waals surface area contributed by atoms with Gasteiger partial charge in [-0.3, -0.25) is 0 Å². The highest BCUT2D eigenvalue weighted by molar-refractivity contribution is 9.10. The van der Waals surface area contributed by atoms with Crippen LogP contribution in [0.4, 0.5) is 0 Å². The average Bonchev–Trinajstić information content (AvgIpc) is 2.99. The number of nitrogens with zero attached hydrogens (tertiary/aromatic N) is 2. The van der Waals surface area contributed by atoms with Gasteiger partial charge in [-0.15, -0.1) is 0 Å². The van der Waals surface area contributed by atoms with Crippen LogP contribution in [0, 0.1) is 0 Å². The molecule has 1 heterocycles. The van der Waals surface area contributed by atoms with Crippen molar-refractivity contribution in [1.82, 2.24) is 9.55 Å². The number of hydrogen-bond donors (Lipinski definition) is 0. The Morgan fingerprint density at radius 2 is 2.12 bits per heavy atom. The van der Waals surface area contributed by atoms with E-state index < -0.39 is 0 Å². The summed E-state index contributed by atoms with van der Waals surface area (Å²) in [6, 6.07) is 7.09. The first-order chi connectivity index (χ1) is 7.66. The third kappa shape index (κ3) is 1.58. The molecule has 0 spiro atoms. The lowest BCUT2D eigenvalue weighted by Gasteiger charge is -2.09. The Morgan fingerprint density at radius 1 is 1.38 bits per heavy atom. The number of imidazole rings is 1. The van der Waals surface area contributed by atoms with Crippen molar-refractivity contribution in [3.63, 3.8) is 0 Å². The molecule has 0 unspecified atom stereocenters. The van der Waals surface area contributed by atoms with Crippen LogP contribution >= 0.6 is 15.9 Å². The summed E-state index contributed by atoms with van der Waals surface area (Å²) in [5, 5.41) is 0. The maximum absolute atomic E-state index is 4.77. The number of benzene rings is 1. The fraction of sp³-hybridized carbons (Fsp3) is 0.462. The van der Waals surface area contributed by atoms with E-state index in [0.29, 0.717) is 12.0 Å². The fourth-order valence-corrected chi connectivity index (χ4v) is 2.56. The quantitative estimate of drug-likeness (QED) is 0.803. The summed E-state index contributed by atoms with van der Waals surface area (Å²) in [7, 11) is 0. The number of aromatic nitrogens is 2. The van der Waals surface area contributed by atoms with Crippen LogP contribution in [0.1, 0.15) is 44.5 Å². The number of rotatable bonds is 2. The Bertz CT molecular complexity index is 538. The van der Waals surface area contributed by atoms with Crippen LogP contribution < -0.4 is 0 Å². The Hall–Kier alpha value is -0.830. The van der Waals surface area contributed by atoms with Gasteiger partial charge in [0, 0.05) is 16.4 Å². The summed E-state index contributed by atoms with van der Waals surface area (Å²) < 4.78 is 3.54. The molecule has 0 bridgehead atoms. The Labute approximate surface area is 104 Å². The minimum Gasteiger partial charge on any atom is -0.325 e. The largest absolute Gasteiger partial charge is 0.325 e. The van der Waals surface area contributed by atoms with E-state index in [1.54, 1.807) is 0 Å². The lowest BCUT2D eigenvalue weighted by atomic mass is 10.2. The summed E-state index contributed by atoms with van der Waals surface area (Å²) in [4.78, 5) is 4.77. The fourth-order valence-electron chi connectivity index (χ4n) is 2.21. The van der Waals surface area contributed by atoms with Gasteiger partial charge < -0.3 is 4.57 Å². The first-order valence-corrected chi connectivity index (χ1v) is 6.63. The van der Waals surface area contributed by atoms with Crippen molar-refractivity contribution in [2.24, 2.45) is 0 Å². The molecule has 2 aromatic rings. The summed E-state index contributed by atoms with van der Waals surface area (Å²) in [6.45, 7) is 4.43. The molecular formula is C13H15BrN2. The van der Waals surface area contributed by atoms with Crippen LogP contribution in [0.2, 0.25) is 0 Å². The summed E-state index contributed by atoms with van der Waals surface area (Å²) in [6.07, 6.45) is 2.61. The summed E-state index contributed by atoms with van der Waals surface area (Å²) in [5.41, 5.74) is 2.40. The maximum Gasteiger partial charge on any atom is 0.112 e. The van der Waals surface area contributed by atoms with E-state index in [1.165, 1.54) is 24.2 Å². The first-order valence-electron chi connectivity index (χ1n) is 5.84. The van der Waals surface area contributed by atoms with E-state index in [2.05, 4.69) is 52.5 Å². The molecule has 0 aliphatic heterocycles. The second-order valence-corrected chi connectivity index (χ2v) is 5.77. The molecule has 3 rings (SSSR count). The predicted molar refractivity (Wildman–Crippen MR) is 69.8 cm³/mol. The molecule has 0 N–H and O–H groups in total. The van der Waals surface area contributed by atoms with Gasteiger partial charge in [-0.1, -0.05) is 29.8 Å². The van der Waals surface area contributed by atoms with Crippen molar-refractivity contribution >= 4 is 27.0 Å². The second-order valence-electron chi connectivity index (χ2n) is 4.86. The third-order valence-corrected chi connectivity index (χ3v) is 3.60. The van der Waals surface area contributed by atoms with Crippen LogP contribution in [-0.2, 0) is 0 Å². The van der Waals surface area contributed by atoms with E-state index in [4.69, 9.17) is 4.98 Å². The molecule has 1 aliphatic rings. The SMILES string of the molecule is CC(C)c1nc2cc(Br)ccc2n1C1CC1. The van der Waals surface area contributed by atoms with Gasteiger partial charge in [-0.25, -0.2) is 4.98 Å². The van der Waals surface area contributed by atoms with Crippen molar-refractivity contribution in [2.45, 2.75) is 38.6 Å². The molecular weight excluding hydrogens is 264 g/mol. The third-order valence-electron chi connectivity index (χ3n) is 3.11. The van der Waals surface area contributed by atoms with Crippen molar-refractivity contribution in [3.8, 4) is 0 Å². The molecule has 2 nitrogen and oxygen atoms in total. The van der Waals surface area contributed by atoms with E-state index in [0.717, 1.165) is 9.99 Å². The summed E-state index contributed by atoms with van der Waals surface area (Å²) in [5.74, 6) is 1.72. The van der Waals surface area contributed by atoms with Gasteiger partial charge in [-0.2, -0.15) is 0 Å². The van der Waals surface area contributed by atoms with E-state index >= 15 is 0 Å². The van der Waals surface area contributed by atoms with Gasteiger partial charge in [0.15, 0.2) is 0 Å². The highest BCUT2D eigenvalue weighted by Gasteiger charge is 2.28. The zero-order chi connectivity index (χ0) is 11.3. The van der Waals surface area contributed by atoms with Crippen LogP contribution in [0.25, 0.3) is 11.0 Å². The minimum atomic E-state index is 0.492. The highest BCUT2D eigenvalue weighted by Crippen LogP contribution is 2.40. The number of halogens is 1. The maximum atomic E-state index is 4.77. The molecule has 16 heavy (non-hydrogen) atoms. The van der Waals surface area contributed by atoms with E-state index in [-0.39, 0.29) is 0 Å². The van der Waals surface area contributed by atoms with Gasteiger partial charge in [0.05, 0.1) is 11.0 Å². The standard InChI is InChI=1S/C13H15BrN2/c1-8(2)13-15-11-7-9(14)3-6-12(11)16(13)10-4-5-10/h3,6-8,10H,4-5H2,1-2H3. The number of hydrogen-bond acceptors (Lipinski definition) is 1. The Morgan fingerprint density at radius 3 is 2.75 bits per heavy atom. The molecule has 1 saturated carbocycles. The Kier molecular flexibility index (Phi) is 2.32. The molecule has 3 heteroatoms. The molecule has 1 fully saturated rings. The van der Waals surface area contributed by atoms with Gasteiger partial charge in [0.2, 0.25) is 0 Å². The summed E-state index contributed by atoms with van der Waals surface area (Å²) >= 11 is 3.51. The van der Waals surface area contributed by atoms with Crippen molar-refractivity contribution in [3.05, 3.63) is 28.5 Å². The van der Waals surface area contributed by atoms with Gasteiger partial charge >= 0.3 is 0 Å². The van der Waals surface area contributed by atoms with Crippen LogP contribution in [0.3, 0.4) is 0 Å². The minimum absolute atomic E-state index is 0.492. The second kappa shape index (κ2) is 3.59. The monoisotopic (exact) mass is 278 g/mol. The van der Waals surface area contributed by atoms with Crippen LogP contribution in [0.5, 0.6) is 0 Å². The lowest BCUT2D eigenvalue weighted by Crippen LogP contribution is -2.02. The molecule has 0 atom stereocenters. The first kappa shape index (κ1) is 10.3. The predicted octanol–water partition coefficient (Wildman–Crippen LogP) is 4.26. The van der Waals surface area contributed by atoms with Crippen molar-refractivity contribution in [1.29, 1.82) is 0 Å². The molecule has 0 saturated heterocycles. The lowest BCUT2D eigenvalue weighted by molar-refractivity contribution is 0.654. The average molecular weight is 279 g/mol. The number of fused-ring (bicyclic) bond motifs is 1. The normalized spacial score (nSPS) is 16.2. The molecule has 1 aromatic heterocycles. The molecule has 0 radical (unpaired) electrons. The molecule has 0 amide bonds. The van der Waals surface area contributed by atoms with Crippen molar-refractivity contribution < 1.29 is 0 Å². The Balaban J connectivity index is 2.28. The van der Waals surface area contributed by atoms with E-state index in [9.17, 15) is 0 Å². The topological polar surface area (TPSA) is 17.8 Å². The van der Waals surface area contributed by atoms with Crippen LogP contribution in [-0.4, -0.2) is 9.55 Å². The smallest absolute Gasteiger partial charge is 0.112 e. The zero-order valence-corrected chi connectivity index (χ0v) is 11.2. The molecule has 1 aromatic carbocycles. The van der Waals surface area contributed by atoms with Crippen LogP contribution in [0.15, 0.2) is 22.7 Å². The van der Waals surface area contributed by atoms with E-state index in [1.807, 2.05) is 0 Å². The van der Waals surface area contributed by atoms with Gasteiger partial charge in [0.1, 0.15) is 5.82 Å². The van der Waals surface area contributed by atoms with Gasteiger partial charge in [0.25, 0.3) is 0 Å². The molecule has 1 aliphatic carbocycles.